The lowest BCUT2D eigenvalue weighted by Crippen LogP contribution is -2.37. The summed E-state index contributed by atoms with van der Waals surface area (Å²) >= 11 is 0. The molecule has 2 rings (SSSR count). The zero-order valence-corrected chi connectivity index (χ0v) is 10.2. The molecule has 0 unspecified atom stereocenters. The van der Waals surface area contributed by atoms with Gasteiger partial charge in [0.25, 0.3) is 0 Å². The number of rotatable bonds is 0. The molecule has 0 spiro atoms. The molecule has 0 saturated heterocycles. The number of nitrogens with one attached hydrogen (secondary N) is 1. The van der Waals surface area contributed by atoms with E-state index in [1.54, 1.807) is 0 Å². The van der Waals surface area contributed by atoms with E-state index in [2.05, 4.69) is 51.2 Å². The molecule has 1 atom stereocenters. The van der Waals surface area contributed by atoms with Crippen molar-refractivity contribution in [3.05, 3.63) is 34.9 Å². The molecule has 0 saturated carbocycles. The summed E-state index contributed by atoms with van der Waals surface area (Å²) < 4.78 is 0. The van der Waals surface area contributed by atoms with E-state index in [9.17, 15) is 0 Å². The monoisotopic (exact) mass is 203 g/mol. The lowest BCUT2D eigenvalue weighted by Gasteiger charge is -2.36. The molecule has 0 aliphatic carbocycles. The van der Waals surface area contributed by atoms with Crippen molar-refractivity contribution >= 4 is 0 Å². The average Bonchev–Trinajstić information content (AvgIpc) is 2.15. The normalized spacial score (nSPS) is 21.2. The zero-order chi connectivity index (χ0) is 11.1. The second-order valence-corrected chi connectivity index (χ2v) is 5.71. The molecule has 1 aromatic rings. The van der Waals surface area contributed by atoms with Crippen LogP contribution in [0.25, 0.3) is 0 Å². The van der Waals surface area contributed by atoms with Gasteiger partial charge in [-0.05, 0) is 36.4 Å². The molecule has 1 heteroatoms. The second-order valence-electron chi connectivity index (χ2n) is 5.71. The number of hydrogen-bond donors (Lipinski definition) is 1. The minimum Gasteiger partial charge on any atom is -0.309 e. The maximum atomic E-state index is 3.63. The van der Waals surface area contributed by atoms with Gasteiger partial charge in [-0.2, -0.15) is 0 Å². The zero-order valence-electron chi connectivity index (χ0n) is 10.2. The molecule has 82 valence electrons. The Morgan fingerprint density at radius 3 is 2.67 bits per heavy atom. The Morgan fingerprint density at radius 2 is 2.00 bits per heavy atom. The Hall–Kier alpha value is -0.820. The maximum Gasteiger partial charge on any atom is 0.0372 e. The van der Waals surface area contributed by atoms with Crippen LogP contribution >= 0.6 is 0 Å². The molecule has 0 amide bonds. The molecule has 1 aliphatic rings. The van der Waals surface area contributed by atoms with Crippen LogP contribution < -0.4 is 5.32 Å². The van der Waals surface area contributed by atoms with E-state index in [4.69, 9.17) is 0 Å². The van der Waals surface area contributed by atoms with Crippen molar-refractivity contribution in [1.29, 1.82) is 0 Å². The molecule has 1 N–H and O–H groups in total. The fourth-order valence-corrected chi connectivity index (χ4v) is 2.47. The number of benzene rings is 1. The van der Waals surface area contributed by atoms with E-state index >= 15 is 0 Å². The molecular formula is C14H21N. The van der Waals surface area contributed by atoms with Crippen LogP contribution in [0.1, 0.15) is 43.5 Å². The largest absolute Gasteiger partial charge is 0.309 e. The van der Waals surface area contributed by atoms with Crippen molar-refractivity contribution in [1.82, 2.24) is 5.32 Å². The Labute approximate surface area is 92.9 Å². The number of hydrogen-bond acceptors (Lipinski definition) is 1. The van der Waals surface area contributed by atoms with Crippen LogP contribution in [-0.2, 0) is 6.42 Å². The third kappa shape index (κ3) is 2.07. The van der Waals surface area contributed by atoms with E-state index < -0.39 is 0 Å². The highest BCUT2D eigenvalue weighted by Gasteiger charge is 2.29. The molecule has 1 nitrogen and oxygen atoms in total. The summed E-state index contributed by atoms with van der Waals surface area (Å²) in [5, 5.41) is 3.63. The average molecular weight is 203 g/mol. The minimum atomic E-state index is 0.296. The van der Waals surface area contributed by atoms with Crippen molar-refractivity contribution in [2.45, 2.75) is 40.2 Å². The van der Waals surface area contributed by atoms with E-state index in [1.165, 1.54) is 23.1 Å². The fourth-order valence-electron chi connectivity index (χ4n) is 2.47. The Morgan fingerprint density at radius 1 is 1.27 bits per heavy atom. The maximum absolute atomic E-state index is 3.63. The second kappa shape index (κ2) is 3.64. The Balaban J connectivity index is 2.43. The van der Waals surface area contributed by atoms with Crippen molar-refractivity contribution in [2.24, 2.45) is 5.41 Å². The van der Waals surface area contributed by atoms with Crippen LogP contribution in [0.5, 0.6) is 0 Å². The summed E-state index contributed by atoms with van der Waals surface area (Å²) in [6.45, 7) is 10.2. The third-order valence-electron chi connectivity index (χ3n) is 3.22. The molecular weight excluding hydrogens is 182 g/mol. The first kappa shape index (κ1) is 10.7. The SMILES string of the molecule is Cc1ccc2c(c1)CCN[C@@H]2C(C)(C)C. The Bertz CT molecular complexity index is 360. The number of aryl methyl sites for hydroxylation is 1. The summed E-state index contributed by atoms with van der Waals surface area (Å²) in [6, 6.07) is 7.37. The molecule has 0 aromatic heterocycles. The lowest BCUT2D eigenvalue weighted by molar-refractivity contribution is 0.263. The van der Waals surface area contributed by atoms with Gasteiger partial charge >= 0.3 is 0 Å². The predicted molar refractivity (Wildman–Crippen MR) is 65.1 cm³/mol. The highest BCUT2D eigenvalue weighted by molar-refractivity contribution is 5.36. The van der Waals surface area contributed by atoms with Gasteiger partial charge in [0.05, 0.1) is 0 Å². The predicted octanol–water partition coefficient (Wildman–Crippen LogP) is 3.23. The molecule has 0 radical (unpaired) electrons. The highest BCUT2D eigenvalue weighted by Crippen LogP contribution is 2.36. The summed E-state index contributed by atoms with van der Waals surface area (Å²) in [5.41, 5.74) is 4.71. The molecule has 1 aliphatic heterocycles. The van der Waals surface area contributed by atoms with Crippen LogP contribution in [0.3, 0.4) is 0 Å². The van der Waals surface area contributed by atoms with Gasteiger partial charge in [-0.1, -0.05) is 44.5 Å². The van der Waals surface area contributed by atoms with Gasteiger partial charge in [-0.3, -0.25) is 0 Å². The third-order valence-corrected chi connectivity index (χ3v) is 3.22. The van der Waals surface area contributed by atoms with Crippen LogP contribution in [-0.4, -0.2) is 6.54 Å². The van der Waals surface area contributed by atoms with Gasteiger partial charge in [-0.25, -0.2) is 0 Å². The highest BCUT2D eigenvalue weighted by atomic mass is 14.9. The van der Waals surface area contributed by atoms with E-state index in [0.29, 0.717) is 11.5 Å². The topological polar surface area (TPSA) is 12.0 Å². The number of fused-ring (bicyclic) bond motifs is 1. The van der Waals surface area contributed by atoms with Gasteiger partial charge in [0, 0.05) is 6.04 Å². The first-order valence-corrected chi connectivity index (χ1v) is 5.81. The van der Waals surface area contributed by atoms with Crippen LogP contribution in [0.2, 0.25) is 0 Å². The van der Waals surface area contributed by atoms with Gasteiger partial charge in [0.1, 0.15) is 0 Å². The molecule has 0 bridgehead atoms. The van der Waals surface area contributed by atoms with Gasteiger partial charge in [0.15, 0.2) is 0 Å². The van der Waals surface area contributed by atoms with Crippen molar-refractivity contribution in [3.8, 4) is 0 Å². The van der Waals surface area contributed by atoms with E-state index in [-0.39, 0.29) is 0 Å². The van der Waals surface area contributed by atoms with Crippen molar-refractivity contribution in [2.75, 3.05) is 6.54 Å². The smallest absolute Gasteiger partial charge is 0.0372 e. The summed E-state index contributed by atoms with van der Waals surface area (Å²) in [7, 11) is 0. The summed E-state index contributed by atoms with van der Waals surface area (Å²) in [6.07, 6.45) is 1.17. The first-order chi connectivity index (χ1) is 6.98. The summed E-state index contributed by atoms with van der Waals surface area (Å²) in [5.74, 6) is 0. The van der Waals surface area contributed by atoms with Crippen LogP contribution in [0.4, 0.5) is 0 Å². The fraction of sp³-hybridized carbons (Fsp3) is 0.571. The molecule has 1 aromatic carbocycles. The lowest BCUT2D eigenvalue weighted by atomic mass is 9.78. The first-order valence-electron chi connectivity index (χ1n) is 5.81. The van der Waals surface area contributed by atoms with Crippen molar-refractivity contribution < 1.29 is 0 Å². The van der Waals surface area contributed by atoms with Gasteiger partial charge in [0.2, 0.25) is 0 Å². The molecule has 0 fully saturated rings. The van der Waals surface area contributed by atoms with E-state index in [0.717, 1.165) is 6.54 Å². The quantitative estimate of drug-likeness (QED) is 0.682. The summed E-state index contributed by atoms with van der Waals surface area (Å²) in [4.78, 5) is 0. The van der Waals surface area contributed by atoms with Crippen molar-refractivity contribution in [3.63, 3.8) is 0 Å². The molecule has 15 heavy (non-hydrogen) atoms. The molecule has 1 heterocycles. The van der Waals surface area contributed by atoms with Crippen LogP contribution in [0, 0.1) is 12.3 Å². The van der Waals surface area contributed by atoms with Gasteiger partial charge in [-0.15, -0.1) is 0 Å². The van der Waals surface area contributed by atoms with Gasteiger partial charge < -0.3 is 5.32 Å². The standard InChI is InChI=1S/C14H21N/c1-10-5-6-12-11(9-10)7-8-15-13(12)14(2,3)4/h5-6,9,13,15H,7-8H2,1-4H3/t13-/m0/s1. The van der Waals surface area contributed by atoms with Crippen LogP contribution in [0.15, 0.2) is 18.2 Å². The Kier molecular flexibility index (Phi) is 2.59. The van der Waals surface area contributed by atoms with E-state index in [1.807, 2.05) is 0 Å². The minimum absolute atomic E-state index is 0.296.